The van der Waals surface area contributed by atoms with Gasteiger partial charge in [0, 0.05) is 45.3 Å². The van der Waals surface area contributed by atoms with Crippen molar-refractivity contribution in [3.8, 4) is 0 Å². The van der Waals surface area contributed by atoms with Crippen molar-refractivity contribution in [1.82, 2.24) is 20.9 Å². The lowest BCUT2D eigenvalue weighted by Gasteiger charge is -2.35. The molecule has 31 heavy (non-hydrogen) atoms. The van der Waals surface area contributed by atoms with Crippen molar-refractivity contribution < 1.29 is 13.9 Å². The molecule has 0 aromatic heterocycles. The standard InChI is InChI=1S/C23H30FN5O2/c1-25-23(27-12-11-26-22(30)19-5-3-2-4-6-19)28-17-21(29-13-15-31-16-14-29)18-7-9-20(24)10-8-18/h2-10,21H,11-17H2,1H3,(H,26,30)(H2,25,27,28). The van der Waals surface area contributed by atoms with Crippen LogP contribution in [0, 0.1) is 5.82 Å². The van der Waals surface area contributed by atoms with E-state index < -0.39 is 0 Å². The van der Waals surface area contributed by atoms with Crippen molar-refractivity contribution in [1.29, 1.82) is 0 Å². The molecular weight excluding hydrogens is 397 g/mol. The minimum atomic E-state index is -0.243. The minimum Gasteiger partial charge on any atom is -0.379 e. The molecule has 0 radical (unpaired) electrons. The average Bonchev–Trinajstić information content (AvgIpc) is 2.82. The van der Waals surface area contributed by atoms with E-state index in [0.29, 0.717) is 44.4 Å². The predicted molar refractivity (Wildman–Crippen MR) is 120 cm³/mol. The third-order valence-corrected chi connectivity index (χ3v) is 5.17. The number of aliphatic imine (C=N–C) groups is 1. The molecule has 0 aliphatic carbocycles. The molecule has 166 valence electrons. The number of rotatable bonds is 8. The number of carbonyl (C=O) groups excluding carboxylic acids is 1. The molecule has 8 heteroatoms. The normalized spacial score (nSPS) is 15.9. The Bertz CT molecular complexity index is 839. The number of halogens is 1. The molecule has 2 aromatic carbocycles. The minimum absolute atomic E-state index is 0.0702. The third-order valence-electron chi connectivity index (χ3n) is 5.17. The first-order chi connectivity index (χ1) is 15.2. The van der Waals surface area contributed by atoms with Crippen LogP contribution in [0.5, 0.6) is 0 Å². The highest BCUT2D eigenvalue weighted by molar-refractivity contribution is 5.94. The second-order valence-corrected chi connectivity index (χ2v) is 7.22. The Morgan fingerprint density at radius 1 is 1.03 bits per heavy atom. The van der Waals surface area contributed by atoms with Gasteiger partial charge in [-0.3, -0.25) is 14.7 Å². The molecule has 0 spiro atoms. The molecule has 1 heterocycles. The van der Waals surface area contributed by atoms with Crippen molar-refractivity contribution in [3.05, 3.63) is 71.5 Å². The van der Waals surface area contributed by atoms with Gasteiger partial charge >= 0.3 is 0 Å². The van der Waals surface area contributed by atoms with E-state index in [0.717, 1.165) is 18.7 Å². The lowest BCUT2D eigenvalue weighted by Crippen LogP contribution is -2.47. The van der Waals surface area contributed by atoms with Gasteiger partial charge in [-0.15, -0.1) is 0 Å². The van der Waals surface area contributed by atoms with E-state index >= 15 is 0 Å². The molecule has 2 aromatic rings. The van der Waals surface area contributed by atoms with Gasteiger partial charge in [-0.25, -0.2) is 4.39 Å². The summed E-state index contributed by atoms with van der Waals surface area (Å²) in [6, 6.07) is 15.8. The number of amides is 1. The number of guanidine groups is 1. The van der Waals surface area contributed by atoms with Crippen LogP contribution >= 0.6 is 0 Å². The van der Waals surface area contributed by atoms with E-state index in [1.165, 1.54) is 12.1 Å². The molecular formula is C23H30FN5O2. The van der Waals surface area contributed by atoms with Crippen LogP contribution in [-0.4, -0.2) is 69.8 Å². The van der Waals surface area contributed by atoms with Crippen molar-refractivity contribution >= 4 is 11.9 Å². The number of nitrogens with zero attached hydrogens (tertiary/aromatic N) is 2. The van der Waals surface area contributed by atoms with Crippen molar-refractivity contribution in [2.75, 3.05) is 53.0 Å². The third kappa shape index (κ3) is 7.04. The van der Waals surface area contributed by atoms with E-state index in [1.807, 2.05) is 30.3 Å². The highest BCUT2D eigenvalue weighted by Gasteiger charge is 2.23. The second-order valence-electron chi connectivity index (χ2n) is 7.22. The quantitative estimate of drug-likeness (QED) is 0.340. The first kappa shape index (κ1) is 22.7. The topological polar surface area (TPSA) is 78.0 Å². The monoisotopic (exact) mass is 427 g/mol. The average molecular weight is 428 g/mol. The van der Waals surface area contributed by atoms with E-state index in [9.17, 15) is 9.18 Å². The summed E-state index contributed by atoms with van der Waals surface area (Å²) < 4.78 is 18.9. The zero-order valence-electron chi connectivity index (χ0n) is 17.8. The number of hydrogen-bond acceptors (Lipinski definition) is 4. The maximum absolute atomic E-state index is 13.4. The van der Waals surface area contributed by atoms with Gasteiger partial charge in [0.2, 0.25) is 0 Å². The van der Waals surface area contributed by atoms with Crippen molar-refractivity contribution in [2.24, 2.45) is 4.99 Å². The summed E-state index contributed by atoms with van der Waals surface area (Å²) in [5, 5.41) is 9.45. The molecule has 7 nitrogen and oxygen atoms in total. The smallest absolute Gasteiger partial charge is 0.251 e. The number of nitrogens with one attached hydrogen (secondary N) is 3. The van der Waals surface area contributed by atoms with E-state index in [1.54, 1.807) is 19.2 Å². The van der Waals surface area contributed by atoms with Crippen LogP contribution in [0.4, 0.5) is 4.39 Å². The van der Waals surface area contributed by atoms with Crippen LogP contribution < -0.4 is 16.0 Å². The van der Waals surface area contributed by atoms with Crippen LogP contribution in [0.15, 0.2) is 59.6 Å². The van der Waals surface area contributed by atoms with Crippen LogP contribution in [-0.2, 0) is 4.74 Å². The zero-order valence-corrected chi connectivity index (χ0v) is 17.8. The molecule has 3 N–H and O–H groups in total. The Labute approximate surface area is 182 Å². The fourth-order valence-corrected chi connectivity index (χ4v) is 3.49. The van der Waals surface area contributed by atoms with Gasteiger partial charge in [-0.1, -0.05) is 30.3 Å². The largest absolute Gasteiger partial charge is 0.379 e. The molecule has 1 atom stereocenters. The SMILES string of the molecule is CN=C(NCCNC(=O)c1ccccc1)NCC(c1ccc(F)cc1)N1CCOCC1. The van der Waals surface area contributed by atoms with Gasteiger partial charge in [-0.2, -0.15) is 0 Å². The summed E-state index contributed by atoms with van der Waals surface area (Å²) in [5.74, 6) is 0.302. The molecule has 3 rings (SSSR count). The maximum Gasteiger partial charge on any atom is 0.251 e. The molecule has 1 aliphatic heterocycles. The summed E-state index contributed by atoms with van der Waals surface area (Å²) in [5.41, 5.74) is 1.68. The number of carbonyl (C=O) groups is 1. The summed E-state index contributed by atoms with van der Waals surface area (Å²) in [4.78, 5) is 18.7. The molecule has 1 saturated heterocycles. The number of ether oxygens (including phenoxy) is 1. The lowest BCUT2D eigenvalue weighted by molar-refractivity contribution is 0.0170. The number of morpholine rings is 1. The van der Waals surface area contributed by atoms with Gasteiger partial charge in [-0.05, 0) is 29.8 Å². The van der Waals surface area contributed by atoms with E-state index in [4.69, 9.17) is 4.74 Å². The number of benzene rings is 2. The second kappa shape index (κ2) is 12.0. The lowest BCUT2D eigenvalue weighted by atomic mass is 10.0. The summed E-state index contributed by atoms with van der Waals surface area (Å²) in [7, 11) is 1.71. The fraction of sp³-hybridized carbons (Fsp3) is 0.391. The van der Waals surface area contributed by atoms with Crippen molar-refractivity contribution in [3.63, 3.8) is 0 Å². The van der Waals surface area contributed by atoms with Gasteiger partial charge in [0.05, 0.1) is 19.3 Å². The predicted octanol–water partition coefficient (Wildman–Crippen LogP) is 1.79. The van der Waals surface area contributed by atoms with Crippen LogP contribution in [0.3, 0.4) is 0 Å². The molecule has 1 aliphatic rings. The Balaban J connectivity index is 1.49. The zero-order chi connectivity index (χ0) is 21.9. The highest BCUT2D eigenvalue weighted by Crippen LogP contribution is 2.21. The fourth-order valence-electron chi connectivity index (χ4n) is 3.49. The molecule has 1 amide bonds. The Morgan fingerprint density at radius 2 is 1.71 bits per heavy atom. The summed E-state index contributed by atoms with van der Waals surface area (Å²) in [6.45, 7) is 4.64. The van der Waals surface area contributed by atoms with Gasteiger partial charge in [0.25, 0.3) is 5.91 Å². The van der Waals surface area contributed by atoms with Crippen molar-refractivity contribution in [2.45, 2.75) is 6.04 Å². The highest BCUT2D eigenvalue weighted by atomic mass is 19.1. The maximum atomic E-state index is 13.4. The van der Waals surface area contributed by atoms with Gasteiger partial charge in [0.15, 0.2) is 5.96 Å². The molecule has 0 bridgehead atoms. The Kier molecular flexibility index (Phi) is 8.81. The van der Waals surface area contributed by atoms with E-state index in [-0.39, 0.29) is 17.8 Å². The summed E-state index contributed by atoms with van der Waals surface area (Å²) >= 11 is 0. The first-order valence-corrected chi connectivity index (χ1v) is 10.5. The molecule has 0 saturated carbocycles. The van der Waals surface area contributed by atoms with E-state index in [2.05, 4.69) is 25.8 Å². The van der Waals surface area contributed by atoms with Gasteiger partial charge < -0.3 is 20.7 Å². The molecule has 1 fully saturated rings. The number of hydrogen-bond donors (Lipinski definition) is 3. The summed E-state index contributed by atoms with van der Waals surface area (Å²) in [6.07, 6.45) is 0. The van der Waals surface area contributed by atoms with Crippen LogP contribution in [0.25, 0.3) is 0 Å². The Morgan fingerprint density at radius 3 is 2.39 bits per heavy atom. The van der Waals surface area contributed by atoms with Crippen LogP contribution in [0.2, 0.25) is 0 Å². The van der Waals surface area contributed by atoms with Gasteiger partial charge in [0.1, 0.15) is 5.82 Å². The van der Waals surface area contributed by atoms with Crippen LogP contribution in [0.1, 0.15) is 22.0 Å². The molecule has 1 unspecified atom stereocenters. The first-order valence-electron chi connectivity index (χ1n) is 10.5. The Hall–Kier alpha value is -2.97.